The molecular formula is C20H21FN2O2. The van der Waals surface area contributed by atoms with E-state index >= 15 is 0 Å². The molecule has 2 aromatic rings. The first-order valence-corrected chi connectivity index (χ1v) is 8.47. The predicted molar refractivity (Wildman–Crippen MR) is 93.0 cm³/mol. The largest absolute Gasteiger partial charge is 0.356 e. The van der Waals surface area contributed by atoms with Crippen molar-refractivity contribution in [1.29, 1.82) is 0 Å². The summed E-state index contributed by atoms with van der Waals surface area (Å²) in [5, 5.41) is 5.73. The minimum absolute atomic E-state index is 0.0671. The maximum Gasteiger partial charge on any atom is 0.224 e. The number of benzene rings is 2. The van der Waals surface area contributed by atoms with Gasteiger partial charge in [0, 0.05) is 13.1 Å². The monoisotopic (exact) mass is 340 g/mol. The minimum Gasteiger partial charge on any atom is -0.356 e. The van der Waals surface area contributed by atoms with Crippen LogP contribution in [0.4, 0.5) is 4.39 Å². The van der Waals surface area contributed by atoms with Crippen LogP contribution >= 0.6 is 0 Å². The highest BCUT2D eigenvalue weighted by Gasteiger charge is 2.47. The summed E-state index contributed by atoms with van der Waals surface area (Å²) < 4.78 is 12.8. The van der Waals surface area contributed by atoms with Crippen LogP contribution < -0.4 is 10.6 Å². The van der Waals surface area contributed by atoms with Gasteiger partial charge in [0.1, 0.15) is 5.82 Å². The van der Waals surface area contributed by atoms with Crippen LogP contribution in [0.15, 0.2) is 54.6 Å². The van der Waals surface area contributed by atoms with Gasteiger partial charge in [-0.2, -0.15) is 0 Å². The van der Waals surface area contributed by atoms with Gasteiger partial charge in [0.15, 0.2) is 0 Å². The van der Waals surface area contributed by atoms with Gasteiger partial charge in [-0.3, -0.25) is 9.59 Å². The van der Waals surface area contributed by atoms with Gasteiger partial charge in [0.2, 0.25) is 11.8 Å². The average Bonchev–Trinajstić information content (AvgIpc) is 3.43. The van der Waals surface area contributed by atoms with E-state index in [0.29, 0.717) is 25.9 Å². The fourth-order valence-corrected chi connectivity index (χ4v) is 2.80. The molecule has 1 fully saturated rings. The zero-order chi connectivity index (χ0) is 17.6. The van der Waals surface area contributed by atoms with Crippen molar-refractivity contribution in [2.24, 2.45) is 11.8 Å². The summed E-state index contributed by atoms with van der Waals surface area (Å²) in [6, 6.07) is 15.9. The number of nitrogens with one attached hydrogen (secondary N) is 2. The molecule has 1 aliphatic carbocycles. The van der Waals surface area contributed by atoms with Crippen molar-refractivity contribution < 1.29 is 14.0 Å². The molecule has 2 amide bonds. The van der Waals surface area contributed by atoms with Crippen molar-refractivity contribution in [3.8, 4) is 0 Å². The molecule has 0 spiro atoms. The first-order valence-electron chi connectivity index (χ1n) is 8.47. The van der Waals surface area contributed by atoms with Crippen molar-refractivity contribution in [2.45, 2.75) is 19.4 Å². The zero-order valence-electron chi connectivity index (χ0n) is 13.9. The lowest BCUT2D eigenvalue weighted by Crippen LogP contribution is -2.31. The van der Waals surface area contributed by atoms with Crippen LogP contribution in [0.2, 0.25) is 0 Å². The number of hydrogen-bond donors (Lipinski definition) is 2. The number of amides is 2. The van der Waals surface area contributed by atoms with Gasteiger partial charge in [-0.1, -0.05) is 42.5 Å². The molecule has 0 heterocycles. The molecule has 1 saturated carbocycles. The van der Waals surface area contributed by atoms with Gasteiger partial charge < -0.3 is 10.6 Å². The van der Waals surface area contributed by atoms with E-state index in [1.807, 2.05) is 30.3 Å². The fourth-order valence-electron chi connectivity index (χ4n) is 2.80. The van der Waals surface area contributed by atoms with Gasteiger partial charge in [-0.25, -0.2) is 4.39 Å². The minimum atomic E-state index is -0.268. The third kappa shape index (κ3) is 4.89. The molecule has 0 bridgehead atoms. The van der Waals surface area contributed by atoms with Gasteiger partial charge in [-0.15, -0.1) is 0 Å². The third-order valence-electron chi connectivity index (χ3n) is 4.40. The van der Waals surface area contributed by atoms with Crippen LogP contribution in [0.5, 0.6) is 0 Å². The highest BCUT2D eigenvalue weighted by atomic mass is 19.1. The number of carbonyl (C=O) groups is 2. The summed E-state index contributed by atoms with van der Waals surface area (Å²) in [6.07, 6.45) is 1.24. The first kappa shape index (κ1) is 17.1. The second-order valence-electron chi connectivity index (χ2n) is 6.32. The van der Waals surface area contributed by atoms with Crippen LogP contribution in [0, 0.1) is 17.7 Å². The molecule has 2 atom stereocenters. The summed E-state index contributed by atoms with van der Waals surface area (Å²) in [7, 11) is 0. The Labute approximate surface area is 146 Å². The Bertz CT molecular complexity index is 731. The third-order valence-corrected chi connectivity index (χ3v) is 4.40. The quantitative estimate of drug-likeness (QED) is 0.813. The van der Waals surface area contributed by atoms with E-state index in [1.165, 1.54) is 12.1 Å². The van der Waals surface area contributed by atoms with E-state index in [-0.39, 0.29) is 29.5 Å². The molecule has 0 saturated heterocycles. The molecule has 25 heavy (non-hydrogen) atoms. The summed E-state index contributed by atoms with van der Waals surface area (Å²) in [4.78, 5) is 24.2. The van der Waals surface area contributed by atoms with Gasteiger partial charge in [-0.05, 0) is 36.1 Å². The maximum atomic E-state index is 12.8. The molecule has 0 aromatic heterocycles. The molecular weight excluding hydrogens is 319 g/mol. The van der Waals surface area contributed by atoms with E-state index in [1.54, 1.807) is 12.1 Å². The van der Waals surface area contributed by atoms with Crippen LogP contribution in [0.25, 0.3) is 0 Å². The molecule has 0 aliphatic heterocycles. The maximum absolute atomic E-state index is 12.8. The molecule has 0 radical (unpaired) electrons. The van der Waals surface area contributed by atoms with Gasteiger partial charge in [0.05, 0.1) is 11.8 Å². The summed E-state index contributed by atoms with van der Waals surface area (Å²) in [6.45, 7) is 0.967. The Kier molecular flexibility index (Phi) is 5.43. The van der Waals surface area contributed by atoms with Crippen LogP contribution in [0.1, 0.15) is 17.5 Å². The second kappa shape index (κ2) is 7.92. The topological polar surface area (TPSA) is 58.2 Å². The first-order chi connectivity index (χ1) is 12.1. The van der Waals surface area contributed by atoms with Crippen molar-refractivity contribution >= 4 is 11.8 Å². The van der Waals surface area contributed by atoms with Crippen LogP contribution in [0.3, 0.4) is 0 Å². The fraction of sp³-hybridized carbons (Fsp3) is 0.300. The lowest BCUT2D eigenvalue weighted by molar-refractivity contribution is -0.127. The van der Waals surface area contributed by atoms with Crippen molar-refractivity contribution in [3.05, 3.63) is 71.5 Å². The Morgan fingerprint density at radius 2 is 1.52 bits per heavy atom. The SMILES string of the molecule is O=C(NCCc1ccc(F)cc1)C1CC1C(=O)NCc1ccccc1. The van der Waals surface area contributed by atoms with Crippen LogP contribution in [-0.4, -0.2) is 18.4 Å². The number of halogens is 1. The zero-order valence-corrected chi connectivity index (χ0v) is 13.9. The number of hydrogen-bond acceptors (Lipinski definition) is 2. The van der Waals surface area contributed by atoms with Crippen molar-refractivity contribution in [1.82, 2.24) is 10.6 Å². The van der Waals surface area contributed by atoms with E-state index < -0.39 is 0 Å². The molecule has 130 valence electrons. The van der Waals surface area contributed by atoms with Gasteiger partial charge in [0.25, 0.3) is 0 Å². The van der Waals surface area contributed by atoms with Gasteiger partial charge >= 0.3 is 0 Å². The molecule has 2 aromatic carbocycles. The lowest BCUT2D eigenvalue weighted by atomic mass is 10.1. The highest BCUT2D eigenvalue weighted by Crippen LogP contribution is 2.38. The van der Waals surface area contributed by atoms with E-state index in [0.717, 1.165) is 11.1 Å². The van der Waals surface area contributed by atoms with Crippen molar-refractivity contribution in [3.63, 3.8) is 0 Å². The Morgan fingerprint density at radius 1 is 0.880 bits per heavy atom. The van der Waals surface area contributed by atoms with E-state index in [9.17, 15) is 14.0 Å². The average molecular weight is 340 g/mol. The van der Waals surface area contributed by atoms with Crippen LogP contribution in [-0.2, 0) is 22.6 Å². The molecule has 3 rings (SSSR count). The summed E-state index contributed by atoms with van der Waals surface area (Å²) >= 11 is 0. The molecule has 5 heteroatoms. The van der Waals surface area contributed by atoms with Crippen molar-refractivity contribution in [2.75, 3.05) is 6.54 Å². The Balaban J connectivity index is 1.36. The normalized spacial score (nSPS) is 18.4. The Morgan fingerprint density at radius 3 is 2.20 bits per heavy atom. The Hall–Kier alpha value is -2.69. The second-order valence-corrected chi connectivity index (χ2v) is 6.32. The summed E-state index contributed by atoms with van der Waals surface area (Å²) in [5.74, 6) is -0.877. The number of rotatable bonds is 7. The molecule has 4 nitrogen and oxygen atoms in total. The summed E-state index contributed by atoms with van der Waals surface area (Å²) in [5.41, 5.74) is 2.01. The number of carbonyl (C=O) groups excluding carboxylic acids is 2. The molecule has 1 aliphatic rings. The lowest BCUT2D eigenvalue weighted by Gasteiger charge is -2.06. The predicted octanol–water partition coefficient (Wildman–Crippen LogP) is 2.44. The molecule has 2 unspecified atom stereocenters. The highest BCUT2D eigenvalue weighted by molar-refractivity contribution is 5.92. The molecule has 2 N–H and O–H groups in total. The van der Waals surface area contributed by atoms with E-state index in [4.69, 9.17) is 0 Å². The smallest absolute Gasteiger partial charge is 0.224 e. The standard InChI is InChI=1S/C20H21FN2O2/c21-16-8-6-14(7-9-16)10-11-22-19(24)17-12-18(17)20(25)23-13-15-4-2-1-3-5-15/h1-9,17-18H,10-13H2,(H,22,24)(H,23,25). The van der Waals surface area contributed by atoms with E-state index in [2.05, 4.69) is 10.6 Å².